The Morgan fingerprint density at radius 2 is 2.00 bits per heavy atom. The lowest BCUT2D eigenvalue weighted by Gasteiger charge is -2.08. The Kier molecular flexibility index (Phi) is 7.09. The summed E-state index contributed by atoms with van der Waals surface area (Å²) in [5.41, 5.74) is 0.605. The smallest absolute Gasteiger partial charge is 0.311 e. The van der Waals surface area contributed by atoms with Gasteiger partial charge < -0.3 is 10.1 Å². The summed E-state index contributed by atoms with van der Waals surface area (Å²) in [5.74, 6) is 0.450. The van der Waals surface area contributed by atoms with Gasteiger partial charge in [-0.15, -0.1) is 11.8 Å². The van der Waals surface area contributed by atoms with Crippen molar-refractivity contribution in [3.8, 4) is 5.75 Å². The van der Waals surface area contributed by atoms with Gasteiger partial charge in [-0.25, -0.2) is 0 Å². The van der Waals surface area contributed by atoms with Gasteiger partial charge in [-0.3, -0.25) is 14.9 Å². The van der Waals surface area contributed by atoms with Crippen LogP contribution in [0.15, 0.2) is 47.4 Å². The quantitative estimate of drug-likeness (QED) is 0.325. The van der Waals surface area contributed by atoms with Gasteiger partial charge in [0.2, 0.25) is 0 Å². The second-order valence-corrected chi connectivity index (χ2v) is 6.77. The first-order chi connectivity index (χ1) is 12.0. The van der Waals surface area contributed by atoms with E-state index in [1.807, 2.05) is 24.3 Å². The van der Waals surface area contributed by atoms with E-state index in [4.69, 9.17) is 16.3 Å². The molecule has 2 aromatic carbocycles. The van der Waals surface area contributed by atoms with E-state index < -0.39 is 4.92 Å². The van der Waals surface area contributed by atoms with E-state index in [9.17, 15) is 14.9 Å². The highest BCUT2D eigenvalue weighted by molar-refractivity contribution is 7.99. The Labute approximate surface area is 154 Å². The highest BCUT2D eigenvalue weighted by Crippen LogP contribution is 2.27. The lowest BCUT2D eigenvalue weighted by atomic mass is 10.2. The second kappa shape index (κ2) is 9.29. The van der Waals surface area contributed by atoms with E-state index in [-0.39, 0.29) is 24.0 Å². The zero-order valence-corrected chi connectivity index (χ0v) is 15.1. The van der Waals surface area contributed by atoms with Crippen LogP contribution in [0.25, 0.3) is 0 Å². The molecular weight excluding hydrogens is 364 g/mol. The van der Waals surface area contributed by atoms with Gasteiger partial charge in [0, 0.05) is 28.3 Å². The number of halogens is 1. The lowest BCUT2D eigenvalue weighted by Crippen LogP contribution is -2.30. The molecule has 25 heavy (non-hydrogen) atoms. The molecule has 0 aliphatic carbocycles. The predicted molar refractivity (Wildman–Crippen MR) is 98.5 cm³/mol. The van der Waals surface area contributed by atoms with Crippen molar-refractivity contribution in [2.75, 3.05) is 18.9 Å². The molecule has 0 aromatic heterocycles. The molecule has 2 aromatic rings. The number of nitrogens with zero attached hydrogens (tertiary/aromatic N) is 1. The van der Waals surface area contributed by atoms with E-state index in [0.29, 0.717) is 17.3 Å². The van der Waals surface area contributed by atoms with Crippen LogP contribution in [0.3, 0.4) is 0 Å². The molecular formula is C17H17ClN2O4S. The van der Waals surface area contributed by atoms with E-state index in [1.165, 1.54) is 12.1 Å². The van der Waals surface area contributed by atoms with Crippen molar-refractivity contribution in [1.29, 1.82) is 0 Å². The zero-order valence-electron chi connectivity index (χ0n) is 13.5. The third kappa shape index (κ3) is 6.28. The summed E-state index contributed by atoms with van der Waals surface area (Å²) in [5, 5.41) is 14.4. The van der Waals surface area contributed by atoms with Crippen molar-refractivity contribution in [2.45, 2.75) is 11.8 Å². The number of carbonyl (C=O) groups is 1. The van der Waals surface area contributed by atoms with Crippen molar-refractivity contribution >= 4 is 35.0 Å². The van der Waals surface area contributed by atoms with Crippen LogP contribution in [0.5, 0.6) is 5.75 Å². The third-order valence-electron chi connectivity index (χ3n) is 3.18. The maximum atomic E-state index is 11.8. The van der Waals surface area contributed by atoms with Crippen molar-refractivity contribution in [2.24, 2.45) is 0 Å². The fourth-order valence-electron chi connectivity index (χ4n) is 1.98. The van der Waals surface area contributed by atoms with Crippen molar-refractivity contribution in [3.05, 3.63) is 63.2 Å². The van der Waals surface area contributed by atoms with Crippen LogP contribution in [0.1, 0.15) is 5.56 Å². The molecule has 0 aliphatic rings. The summed E-state index contributed by atoms with van der Waals surface area (Å²) >= 11 is 7.41. The molecule has 0 fully saturated rings. The molecule has 0 saturated carbocycles. The van der Waals surface area contributed by atoms with Crippen LogP contribution >= 0.6 is 23.4 Å². The van der Waals surface area contributed by atoms with Crippen LogP contribution in [0.2, 0.25) is 5.02 Å². The third-order valence-corrected chi connectivity index (χ3v) is 4.44. The molecule has 2 rings (SSSR count). The molecule has 0 atom stereocenters. The summed E-state index contributed by atoms with van der Waals surface area (Å²) in [7, 11) is 0. The van der Waals surface area contributed by atoms with E-state index in [0.717, 1.165) is 10.5 Å². The summed E-state index contributed by atoms with van der Waals surface area (Å²) < 4.78 is 5.27. The molecule has 1 amide bonds. The minimum atomic E-state index is -0.525. The molecule has 0 saturated heterocycles. The highest BCUT2D eigenvalue weighted by Gasteiger charge is 2.16. The number of carbonyl (C=O) groups excluding carboxylic acids is 1. The predicted octanol–water partition coefficient (Wildman–Crippen LogP) is 3.84. The summed E-state index contributed by atoms with van der Waals surface area (Å²) in [6, 6.07) is 12.1. The van der Waals surface area contributed by atoms with Crippen LogP contribution in [-0.4, -0.2) is 29.7 Å². The van der Waals surface area contributed by atoms with Crippen molar-refractivity contribution < 1.29 is 14.5 Å². The van der Waals surface area contributed by atoms with E-state index in [1.54, 1.807) is 24.8 Å². The Morgan fingerprint density at radius 3 is 2.68 bits per heavy atom. The molecule has 1 N–H and O–H groups in total. The summed E-state index contributed by atoms with van der Waals surface area (Å²) in [6.07, 6.45) is 0. The fraction of sp³-hybridized carbons (Fsp3) is 0.235. The largest absolute Gasteiger partial charge is 0.477 e. The van der Waals surface area contributed by atoms with Crippen LogP contribution < -0.4 is 10.1 Å². The first-order valence-corrected chi connectivity index (χ1v) is 8.85. The van der Waals surface area contributed by atoms with E-state index >= 15 is 0 Å². The number of ether oxygens (including phenoxy) is 1. The standard InChI is InChI=1S/C17H17ClN2O4S/c1-12-2-7-16(15(10-12)20(22)23)24-11-17(21)19-8-9-25-14-5-3-13(18)4-6-14/h2-7,10H,8-9,11H2,1H3,(H,19,21). The minimum Gasteiger partial charge on any atom is -0.477 e. The first kappa shape index (κ1) is 19.1. The maximum absolute atomic E-state index is 11.8. The Balaban J connectivity index is 1.74. The molecule has 6 nitrogen and oxygen atoms in total. The van der Waals surface area contributed by atoms with E-state index in [2.05, 4.69) is 5.32 Å². The number of amides is 1. The topological polar surface area (TPSA) is 81.5 Å². The van der Waals surface area contributed by atoms with Gasteiger partial charge in [0.05, 0.1) is 4.92 Å². The molecule has 0 bridgehead atoms. The summed E-state index contributed by atoms with van der Waals surface area (Å²) in [6.45, 7) is 1.95. The number of rotatable bonds is 8. The van der Waals surface area contributed by atoms with Crippen LogP contribution in [-0.2, 0) is 4.79 Å². The Morgan fingerprint density at radius 1 is 1.28 bits per heavy atom. The molecule has 0 heterocycles. The molecule has 8 heteroatoms. The highest BCUT2D eigenvalue weighted by atomic mass is 35.5. The van der Waals surface area contributed by atoms with Gasteiger partial charge in [-0.2, -0.15) is 0 Å². The minimum absolute atomic E-state index is 0.0845. The zero-order chi connectivity index (χ0) is 18.2. The summed E-state index contributed by atoms with van der Waals surface area (Å²) in [4.78, 5) is 23.3. The molecule has 132 valence electrons. The Hall–Kier alpha value is -2.25. The average Bonchev–Trinajstić information content (AvgIpc) is 2.59. The molecule has 0 spiro atoms. The molecule has 0 aliphatic heterocycles. The average molecular weight is 381 g/mol. The Bertz CT molecular complexity index is 753. The van der Waals surface area contributed by atoms with Crippen molar-refractivity contribution in [3.63, 3.8) is 0 Å². The monoisotopic (exact) mass is 380 g/mol. The number of thioether (sulfide) groups is 1. The number of hydrogen-bond donors (Lipinski definition) is 1. The number of nitrogens with one attached hydrogen (secondary N) is 1. The molecule has 0 unspecified atom stereocenters. The van der Waals surface area contributed by atoms with Gasteiger partial charge in [-0.05, 0) is 42.8 Å². The lowest BCUT2D eigenvalue weighted by molar-refractivity contribution is -0.385. The number of aryl methyl sites for hydroxylation is 1. The van der Waals surface area contributed by atoms with Crippen LogP contribution in [0, 0.1) is 17.0 Å². The van der Waals surface area contributed by atoms with Gasteiger partial charge in [-0.1, -0.05) is 17.7 Å². The van der Waals surface area contributed by atoms with Crippen molar-refractivity contribution in [1.82, 2.24) is 5.32 Å². The normalized spacial score (nSPS) is 10.3. The SMILES string of the molecule is Cc1ccc(OCC(=O)NCCSc2ccc(Cl)cc2)c([N+](=O)[O-])c1. The number of benzene rings is 2. The van der Waals surface area contributed by atoms with Gasteiger partial charge in [0.15, 0.2) is 12.4 Å². The van der Waals surface area contributed by atoms with Crippen LogP contribution in [0.4, 0.5) is 5.69 Å². The van der Waals surface area contributed by atoms with Gasteiger partial charge in [0.1, 0.15) is 0 Å². The number of nitro groups is 1. The van der Waals surface area contributed by atoms with Gasteiger partial charge in [0.25, 0.3) is 5.91 Å². The fourth-order valence-corrected chi connectivity index (χ4v) is 2.87. The first-order valence-electron chi connectivity index (χ1n) is 7.48. The second-order valence-electron chi connectivity index (χ2n) is 5.17. The number of hydrogen-bond acceptors (Lipinski definition) is 5. The molecule has 0 radical (unpaired) electrons. The number of nitro benzene ring substituents is 1. The van der Waals surface area contributed by atoms with Gasteiger partial charge >= 0.3 is 5.69 Å². The maximum Gasteiger partial charge on any atom is 0.311 e.